The number of ether oxygens (including phenoxy) is 1. The smallest absolute Gasteiger partial charge is 0.410 e. The quantitative estimate of drug-likeness (QED) is 0.816. The summed E-state index contributed by atoms with van der Waals surface area (Å²) in [5.74, 6) is 0.117. The second kappa shape index (κ2) is 8.23. The van der Waals surface area contributed by atoms with E-state index < -0.39 is 5.60 Å². The lowest BCUT2D eigenvalue weighted by atomic mass is 9.82. The highest BCUT2D eigenvalue weighted by atomic mass is 16.6. The molecule has 2 aromatic carbocycles. The molecule has 2 saturated heterocycles. The van der Waals surface area contributed by atoms with Crippen LogP contribution in [-0.2, 0) is 4.74 Å². The zero-order valence-electron chi connectivity index (χ0n) is 18.0. The van der Waals surface area contributed by atoms with Crippen molar-refractivity contribution in [1.82, 2.24) is 9.80 Å². The maximum atomic E-state index is 13.0. The third-order valence-corrected chi connectivity index (χ3v) is 5.94. The molecule has 0 aromatic heterocycles. The standard InChI is InChI=1S/C25H31N3O2/c1-25(2,3)30-24(29)27-16-21-14-20(26)15-28(21)22(17-27)23(18-10-6-4-7-11-18)19-12-8-5-9-13-19/h4-13,21-23,26H,14-17H2,1-3H3/t21-,22-/m0/s1. The van der Waals surface area contributed by atoms with E-state index >= 15 is 0 Å². The Bertz CT molecular complexity index is 852. The highest BCUT2D eigenvalue weighted by Crippen LogP contribution is 2.37. The lowest BCUT2D eigenvalue weighted by Crippen LogP contribution is -2.60. The van der Waals surface area contributed by atoms with Gasteiger partial charge in [0.15, 0.2) is 0 Å². The average molecular weight is 406 g/mol. The van der Waals surface area contributed by atoms with Gasteiger partial charge < -0.3 is 15.0 Å². The van der Waals surface area contributed by atoms with Crippen molar-refractivity contribution in [2.75, 3.05) is 19.6 Å². The number of piperazine rings is 1. The first kappa shape index (κ1) is 20.6. The molecule has 30 heavy (non-hydrogen) atoms. The maximum Gasteiger partial charge on any atom is 0.410 e. The van der Waals surface area contributed by atoms with Crippen molar-refractivity contribution in [1.29, 1.82) is 5.41 Å². The first-order valence-corrected chi connectivity index (χ1v) is 10.7. The van der Waals surface area contributed by atoms with Crippen molar-refractivity contribution in [2.45, 2.75) is 50.8 Å². The van der Waals surface area contributed by atoms with Gasteiger partial charge in [0.25, 0.3) is 0 Å². The zero-order valence-corrected chi connectivity index (χ0v) is 18.0. The van der Waals surface area contributed by atoms with Crippen LogP contribution in [0.5, 0.6) is 0 Å². The van der Waals surface area contributed by atoms with Crippen LogP contribution in [0, 0.1) is 5.41 Å². The monoisotopic (exact) mass is 405 g/mol. The predicted molar refractivity (Wildman–Crippen MR) is 119 cm³/mol. The van der Waals surface area contributed by atoms with Crippen LogP contribution in [-0.4, -0.2) is 58.9 Å². The van der Waals surface area contributed by atoms with Gasteiger partial charge >= 0.3 is 6.09 Å². The van der Waals surface area contributed by atoms with Crippen molar-refractivity contribution in [3.05, 3.63) is 71.8 Å². The number of nitrogens with one attached hydrogen (secondary N) is 1. The van der Waals surface area contributed by atoms with Gasteiger partial charge in [-0.15, -0.1) is 0 Å². The normalized spacial score (nSPS) is 22.3. The second-order valence-corrected chi connectivity index (χ2v) is 9.39. The van der Waals surface area contributed by atoms with Crippen molar-refractivity contribution in [2.24, 2.45) is 0 Å². The van der Waals surface area contributed by atoms with Crippen LogP contribution in [0.1, 0.15) is 44.2 Å². The highest BCUT2D eigenvalue weighted by molar-refractivity contribution is 5.86. The Hall–Kier alpha value is -2.66. The van der Waals surface area contributed by atoms with Gasteiger partial charge in [-0.3, -0.25) is 4.90 Å². The Morgan fingerprint density at radius 1 is 1.00 bits per heavy atom. The molecule has 158 valence electrons. The Morgan fingerprint density at radius 3 is 2.10 bits per heavy atom. The molecule has 2 aliphatic rings. The SMILES string of the molecule is CC(C)(C)OC(=O)N1C[C@@H]2CC(=N)CN2[C@H](C(c2ccccc2)c2ccccc2)C1. The fourth-order valence-electron chi connectivity index (χ4n) is 4.76. The number of hydrogen-bond acceptors (Lipinski definition) is 4. The van der Waals surface area contributed by atoms with Crippen molar-refractivity contribution >= 4 is 11.8 Å². The third kappa shape index (κ3) is 4.41. The fraction of sp³-hybridized carbons (Fsp3) is 0.440. The number of benzene rings is 2. The molecule has 0 bridgehead atoms. The molecule has 2 aromatic rings. The van der Waals surface area contributed by atoms with Gasteiger partial charge in [-0.25, -0.2) is 4.79 Å². The van der Waals surface area contributed by atoms with Gasteiger partial charge in [-0.2, -0.15) is 0 Å². The maximum absolute atomic E-state index is 13.0. The number of nitrogens with zero attached hydrogens (tertiary/aromatic N) is 2. The number of fused-ring (bicyclic) bond motifs is 1. The Labute approximate surface area is 179 Å². The second-order valence-electron chi connectivity index (χ2n) is 9.39. The topological polar surface area (TPSA) is 56.6 Å². The Morgan fingerprint density at radius 2 is 1.57 bits per heavy atom. The van der Waals surface area contributed by atoms with E-state index in [0.717, 1.165) is 5.71 Å². The molecule has 0 radical (unpaired) electrons. The number of carbonyl (C=O) groups excluding carboxylic acids is 1. The predicted octanol–water partition coefficient (Wildman–Crippen LogP) is 4.53. The van der Waals surface area contributed by atoms with Crippen LogP contribution in [0.4, 0.5) is 4.79 Å². The van der Waals surface area contributed by atoms with E-state index in [9.17, 15) is 4.79 Å². The molecular formula is C25H31N3O2. The summed E-state index contributed by atoms with van der Waals surface area (Å²) in [6.45, 7) is 7.59. The first-order chi connectivity index (χ1) is 14.3. The van der Waals surface area contributed by atoms with Crippen LogP contribution < -0.4 is 0 Å². The molecule has 0 spiro atoms. The number of rotatable bonds is 3. The summed E-state index contributed by atoms with van der Waals surface area (Å²) in [7, 11) is 0. The largest absolute Gasteiger partial charge is 0.444 e. The van der Waals surface area contributed by atoms with E-state index in [1.165, 1.54) is 11.1 Å². The van der Waals surface area contributed by atoms with Gasteiger partial charge in [0.1, 0.15) is 5.60 Å². The van der Waals surface area contributed by atoms with E-state index in [2.05, 4.69) is 53.4 Å². The summed E-state index contributed by atoms with van der Waals surface area (Å²) in [4.78, 5) is 17.3. The first-order valence-electron chi connectivity index (χ1n) is 10.7. The minimum Gasteiger partial charge on any atom is -0.444 e. The van der Waals surface area contributed by atoms with Crippen molar-refractivity contribution < 1.29 is 9.53 Å². The Kier molecular flexibility index (Phi) is 5.65. The minimum atomic E-state index is -0.523. The Balaban J connectivity index is 1.72. The molecule has 4 rings (SSSR count). The van der Waals surface area contributed by atoms with E-state index in [0.29, 0.717) is 26.1 Å². The van der Waals surface area contributed by atoms with Crippen LogP contribution in [0.15, 0.2) is 60.7 Å². The summed E-state index contributed by atoms with van der Waals surface area (Å²) in [6, 6.07) is 21.3. The van der Waals surface area contributed by atoms with E-state index in [-0.39, 0.29) is 24.1 Å². The van der Waals surface area contributed by atoms with Crippen molar-refractivity contribution in [3.63, 3.8) is 0 Å². The van der Waals surface area contributed by atoms with Gasteiger partial charge in [-0.05, 0) is 31.9 Å². The molecule has 0 unspecified atom stereocenters. The number of carbonyl (C=O) groups is 1. The molecule has 2 fully saturated rings. The zero-order chi connectivity index (χ0) is 21.3. The molecule has 1 amide bonds. The van der Waals surface area contributed by atoms with Gasteiger partial charge in [-0.1, -0.05) is 60.7 Å². The summed E-state index contributed by atoms with van der Waals surface area (Å²) in [6.07, 6.45) is 0.456. The third-order valence-electron chi connectivity index (χ3n) is 5.94. The average Bonchev–Trinajstić information content (AvgIpc) is 3.09. The van der Waals surface area contributed by atoms with Gasteiger partial charge in [0.05, 0.1) is 0 Å². The molecule has 2 heterocycles. The van der Waals surface area contributed by atoms with Crippen LogP contribution in [0.25, 0.3) is 0 Å². The van der Waals surface area contributed by atoms with Crippen LogP contribution in [0.2, 0.25) is 0 Å². The van der Waals surface area contributed by atoms with Crippen LogP contribution >= 0.6 is 0 Å². The summed E-state index contributed by atoms with van der Waals surface area (Å²) in [5.41, 5.74) is 2.69. The molecule has 0 aliphatic carbocycles. The highest BCUT2D eigenvalue weighted by Gasteiger charge is 2.45. The van der Waals surface area contributed by atoms with E-state index in [1.807, 2.05) is 37.8 Å². The molecule has 5 nitrogen and oxygen atoms in total. The van der Waals surface area contributed by atoms with Crippen LogP contribution in [0.3, 0.4) is 0 Å². The van der Waals surface area contributed by atoms with Gasteiger partial charge in [0, 0.05) is 49.8 Å². The lowest BCUT2D eigenvalue weighted by molar-refractivity contribution is -0.00641. The fourth-order valence-corrected chi connectivity index (χ4v) is 4.76. The molecular weight excluding hydrogens is 374 g/mol. The van der Waals surface area contributed by atoms with E-state index in [4.69, 9.17) is 10.1 Å². The summed E-state index contributed by atoms with van der Waals surface area (Å²) < 4.78 is 5.71. The summed E-state index contributed by atoms with van der Waals surface area (Å²) >= 11 is 0. The molecule has 2 aliphatic heterocycles. The lowest BCUT2D eigenvalue weighted by Gasteiger charge is -2.46. The van der Waals surface area contributed by atoms with Gasteiger partial charge in [0.2, 0.25) is 0 Å². The molecule has 2 atom stereocenters. The minimum absolute atomic E-state index is 0.0870. The summed E-state index contributed by atoms with van der Waals surface area (Å²) in [5, 5.41) is 8.33. The number of amides is 1. The molecule has 5 heteroatoms. The molecule has 0 saturated carbocycles. The molecule has 1 N–H and O–H groups in total. The van der Waals surface area contributed by atoms with Crippen molar-refractivity contribution in [3.8, 4) is 0 Å². The number of hydrogen-bond donors (Lipinski definition) is 1. The van der Waals surface area contributed by atoms with E-state index in [1.54, 1.807) is 0 Å².